The number of amides is 3. The van der Waals surface area contributed by atoms with Gasteiger partial charge in [0.1, 0.15) is 5.75 Å². The third kappa shape index (κ3) is 5.39. The largest absolute Gasteiger partial charge is 0.481 e. The number of carbonyl (C=O) groups excluding carboxylic acids is 2. The first-order chi connectivity index (χ1) is 12.5. The summed E-state index contributed by atoms with van der Waals surface area (Å²) < 4.78 is 5.59. The Labute approximate surface area is 156 Å². The van der Waals surface area contributed by atoms with E-state index in [1.54, 1.807) is 55.5 Å². The van der Waals surface area contributed by atoms with Crippen LogP contribution in [0.15, 0.2) is 48.5 Å². The fourth-order valence-corrected chi connectivity index (χ4v) is 2.44. The van der Waals surface area contributed by atoms with Crippen molar-refractivity contribution >= 4 is 34.9 Å². The summed E-state index contributed by atoms with van der Waals surface area (Å²) in [6.45, 7) is 1.66. The van der Waals surface area contributed by atoms with Gasteiger partial charge in [0.05, 0.1) is 0 Å². The van der Waals surface area contributed by atoms with E-state index in [0.29, 0.717) is 28.2 Å². The molecule has 0 bridgehead atoms. The van der Waals surface area contributed by atoms with Crippen LogP contribution in [0.2, 0.25) is 5.02 Å². The van der Waals surface area contributed by atoms with Crippen molar-refractivity contribution in [2.75, 3.05) is 10.6 Å². The molecule has 7 heteroatoms. The molecule has 3 N–H and O–H groups in total. The van der Waals surface area contributed by atoms with Gasteiger partial charge < -0.3 is 20.7 Å². The van der Waals surface area contributed by atoms with Crippen molar-refractivity contribution in [3.63, 3.8) is 0 Å². The lowest BCUT2D eigenvalue weighted by Gasteiger charge is -2.15. The number of urea groups is 1. The topological polar surface area (TPSA) is 79.5 Å². The van der Waals surface area contributed by atoms with E-state index < -0.39 is 6.10 Å². The molecule has 6 nitrogen and oxygen atoms in total. The van der Waals surface area contributed by atoms with Gasteiger partial charge in [-0.15, -0.1) is 0 Å². The Bertz CT molecular complexity index is 791. The highest BCUT2D eigenvalue weighted by molar-refractivity contribution is 6.30. The third-order valence-corrected chi connectivity index (χ3v) is 4.04. The molecule has 2 aromatic carbocycles. The molecule has 0 radical (unpaired) electrons. The Kier molecular flexibility index (Phi) is 5.63. The van der Waals surface area contributed by atoms with Crippen LogP contribution in [0.4, 0.5) is 16.2 Å². The van der Waals surface area contributed by atoms with Crippen molar-refractivity contribution in [1.29, 1.82) is 0 Å². The van der Waals surface area contributed by atoms with Gasteiger partial charge in [0, 0.05) is 22.4 Å². The number of anilines is 2. The summed E-state index contributed by atoms with van der Waals surface area (Å²) in [7, 11) is 0. The quantitative estimate of drug-likeness (QED) is 0.715. The fraction of sp³-hybridized carbons (Fsp3) is 0.263. The Balaban J connectivity index is 1.50. The van der Waals surface area contributed by atoms with Crippen LogP contribution in [0, 0.1) is 0 Å². The molecular weight excluding hydrogens is 354 g/mol. The molecule has 3 rings (SSSR count). The van der Waals surface area contributed by atoms with E-state index in [9.17, 15) is 9.59 Å². The van der Waals surface area contributed by atoms with E-state index in [1.807, 2.05) is 0 Å². The number of rotatable bonds is 6. The zero-order chi connectivity index (χ0) is 18.5. The van der Waals surface area contributed by atoms with Crippen LogP contribution in [-0.2, 0) is 4.79 Å². The molecule has 1 aliphatic carbocycles. The van der Waals surface area contributed by atoms with E-state index in [1.165, 1.54) is 0 Å². The third-order valence-electron chi connectivity index (χ3n) is 3.80. The second-order valence-electron chi connectivity index (χ2n) is 6.16. The number of hydrogen-bond donors (Lipinski definition) is 3. The first-order valence-electron chi connectivity index (χ1n) is 8.40. The van der Waals surface area contributed by atoms with Crippen LogP contribution in [-0.4, -0.2) is 24.1 Å². The lowest BCUT2D eigenvalue weighted by molar-refractivity contribution is -0.122. The minimum atomic E-state index is -0.685. The summed E-state index contributed by atoms with van der Waals surface area (Å²) in [6.07, 6.45) is 1.39. The molecule has 1 saturated carbocycles. The van der Waals surface area contributed by atoms with Crippen molar-refractivity contribution in [3.05, 3.63) is 53.6 Å². The van der Waals surface area contributed by atoms with E-state index in [4.69, 9.17) is 16.3 Å². The van der Waals surface area contributed by atoms with E-state index in [-0.39, 0.29) is 11.9 Å². The predicted molar refractivity (Wildman–Crippen MR) is 102 cm³/mol. The number of carbonyl (C=O) groups is 2. The number of hydrogen-bond acceptors (Lipinski definition) is 3. The number of ether oxygens (including phenoxy) is 1. The van der Waals surface area contributed by atoms with Crippen LogP contribution in [0.1, 0.15) is 19.8 Å². The maximum Gasteiger partial charge on any atom is 0.319 e. The molecule has 2 aromatic rings. The van der Waals surface area contributed by atoms with Crippen LogP contribution >= 0.6 is 11.6 Å². The SMILES string of the molecule is CC(Oc1cccc(Cl)c1)C(=O)Nc1ccc(NC(=O)NC2CC2)cc1. The number of benzene rings is 2. The molecule has 0 aliphatic heterocycles. The summed E-state index contributed by atoms with van der Waals surface area (Å²) in [5.74, 6) is 0.249. The average molecular weight is 374 g/mol. The summed E-state index contributed by atoms with van der Waals surface area (Å²) in [6, 6.07) is 13.9. The Morgan fingerprint density at radius 3 is 2.35 bits per heavy atom. The molecule has 3 amide bonds. The van der Waals surface area contributed by atoms with Crippen molar-refractivity contribution in [2.45, 2.75) is 31.9 Å². The number of nitrogens with one attached hydrogen (secondary N) is 3. The molecule has 0 spiro atoms. The monoisotopic (exact) mass is 373 g/mol. The van der Waals surface area contributed by atoms with Gasteiger partial charge in [0.2, 0.25) is 0 Å². The predicted octanol–water partition coefficient (Wildman–Crippen LogP) is 4.03. The summed E-state index contributed by atoms with van der Waals surface area (Å²) >= 11 is 5.90. The van der Waals surface area contributed by atoms with Gasteiger partial charge in [0.25, 0.3) is 5.91 Å². The second kappa shape index (κ2) is 8.10. The molecule has 0 aromatic heterocycles. The first kappa shape index (κ1) is 18.1. The zero-order valence-corrected chi connectivity index (χ0v) is 15.0. The highest BCUT2D eigenvalue weighted by Gasteiger charge is 2.23. The van der Waals surface area contributed by atoms with Crippen molar-refractivity contribution in [3.8, 4) is 5.75 Å². The van der Waals surface area contributed by atoms with Crippen LogP contribution in [0.3, 0.4) is 0 Å². The maximum absolute atomic E-state index is 12.2. The second-order valence-corrected chi connectivity index (χ2v) is 6.59. The van der Waals surface area contributed by atoms with Gasteiger partial charge in [-0.1, -0.05) is 17.7 Å². The molecule has 26 heavy (non-hydrogen) atoms. The fourth-order valence-electron chi connectivity index (χ4n) is 2.26. The molecule has 1 atom stereocenters. The number of halogens is 1. The molecule has 136 valence electrons. The van der Waals surface area contributed by atoms with Gasteiger partial charge in [-0.2, -0.15) is 0 Å². The first-order valence-corrected chi connectivity index (χ1v) is 8.78. The minimum Gasteiger partial charge on any atom is -0.481 e. The molecule has 1 fully saturated rings. The van der Waals surface area contributed by atoms with E-state index in [2.05, 4.69) is 16.0 Å². The Hall–Kier alpha value is -2.73. The van der Waals surface area contributed by atoms with E-state index in [0.717, 1.165) is 12.8 Å². The van der Waals surface area contributed by atoms with Gasteiger partial charge in [-0.25, -0.2) is 4.79 Å². The van der Waals surface area contributed by atoms with Gasteiger partial charge >= 0.3 is 6.03 Å². The normalized spacial score (nSPS) is 14.2. The van der Waals surface area contributed by atoms with Crippen LogP contribution in [0.5, 0.6) is 5.75 Å². The van der Waals surface area contributed by atoms with Gasteiger partial charge in [0.15, 0.2) is 6.10 Å². The summed E-state index contributed by atoms with van der Waals surface area (Å²) in [4.78, 5) is 23.9. The summed E-state index contributed by atoms with van der Waals surface area (Å²) in [5.41, 5.74) is 1.27. The Morgan fingerprint density at radius 1 is 1.08 bits per heavy atom. The highest BCUT2D eigenvalue weighted by Crippen LogP contribution is 2.20. The van der Waals surface area contributed by atoms with Gasteiger partial charge in [-0.05, 0) is 62.2 Å². The Morgan fingerprint density at radius 2 is 1.73 bits per heavy atom. The highest BCUT2D eigenvalue weighted by atomic mass is 35.5. The molecule has 0 heterocycles. The van der Waals surface area contributed by atoms with Gasteiger partial charge in [-0.3, -0.25) is 4.79 Å². The zero-order valence-electron chi connectivity index (χ0n) is 14.3. The maximum atomic E-state index is 12.2. The van der Waals surface area contributed by atoms with Crippen LogP contribution in [0.25, 0.3) is 0 Å². The average Bonchev–Trinajstić information content (AvgIpc) is 3.40. The summed E-state index contributed by atoms with van der Waals surface area (Å²) in [5, 5.41) is 8.92. The smallest absolute Gasteiger partial charge is 0.319 e. The van der Waals surface area contributed by atoms with E-state index >= 15 is 0 Å². The lowest BCUT2D eigenvalue weighted by Crippen LogP contribution is -2.30. The van der Waals surface area contributed by atoms with Crippen molar-refractivity contribution in [2.24, 2.45) is 0 Å². The standard InChI is InChI=1S/C19H20ClN3O3/c1-12(26-17-4-2-3-13(20)11-17)18(24)21-14-5-7-15(8-6-14)22-19(25)23-16-9-10-16/h2-8,11-12,16H,9-10H2,1H3,(H,21,24)(H2,22,23,25). The molecule has 1 aliphatic rings. The minimum absolute atomic E-state index is 0.215. The van der Waals surface area contributed by atoms with Crippen molar-refractivity contribution < 1.29 is 14.3 Å². The van der Waals surface area contributed by atoms with Crippen LogP contribution < -0.4 is 20.7 Å². The lowest BCUT2D eigenvalue weighted by atomic mass is 10.2. The van der Waals surface area contributed by atoms with Crippen molar-refractivity contribution in [1.82, 2.24) is 5.32 Å². The molecular formula is C19H20ClN3O3. The molecule has 1 unspecified atom stereocenters. The molecule has 0 saturated heterocycles.